The Kier molecular flexibility index (Phi) is 12.8. The SMILES string of the molecule is CN=C(NCCCCCC(=O)OC)NCc1cccc(Cl)c1.I. The Morgan fingerprint density at radius 1 is 1.26 bits per heavy atom. The van der Waals surface area contributed by atoms with Gasteiger partial charge in [-0.15, -0.1) is 24.0 Å². The Balaban J connectivity index is 0.00000484. The van der Waals surface area contributed by atoms with Crippen LogP contribution in [0.4, 0.5) is 0 Å². The molecule has 0 unspecified atom stereocenters. The van der Waals surface area contributed by atoms with Crippen LogP contribution in [0.1, 0.15) is 31.2 Å². The lowest BCUT2D eigenvalue weighted by Crippen LogP contribution is -2.37. The highest BCUT2D eigenvalue weighted by atomic mass is 127. The fourth-order valence-corrected chi connectivity index (χ4v) is 2.15. The summed E-state index contributed by atoms with van der Waals surface area (Å²) < 4.78 is 4.60. The zero-order valence-electron chi connectivity index (χ0n) is 13.6. The van der Waals surface area contributed by atoms with Crippen LogP contribution < -0.4 is 10.6 Å². The minimum absolute atomic E-state index is 0. The summed E-state index contributed by atoms with van der Waals surface area (Å²) in [7, 11) is 3.16. The molecule has 0 bridgehead atoms. The molecule has 1 aromatic carbocycles. The van der Waals surface area contributed by atoms with Crippen LogP contribution in [0, 0.1) is 0 Å². The fraction of sp³-hybridized carbons (Fsp3) is 0.500. The molecule has 0 saturated heterocycles. The number of carbonyl (C=O) groups excluding carboxylic acids is 1. The molecular weight excluding hydrogens is 429 g/mol. The Bertz CT molecular complexity index is 498. The van der Waals surface area contributed by atoms with Crippen molar-refractivity contribution < 1.29 is 9.53 Å². The van der Waals surface area contributed by atoms with Gasteiger partial charge in [-0.3, -0.25) is 9.79 Å². The number of esters is 1. The monoisotopic (exact) mass is 453 g/mol. The minimum Gasteiger partial charge on any atom is -0.469 e. The lowest BCUT2D eigenvalue weighted by atomic mass is 10.2. The molecule has 5 nitrogen and oxygen atoms in total. The van der Waals surface area contributed by atoms with Gasteiger partial charge in [0.15, 0.2) is 5.96 Å². The van der Waals surface area contributed by atoms with E-state index in [1.54, 1.807) is 7.05 Å². The summed E-state index contributed by atoms with van der Waals surface area (Å²) >= 11 is 5.95. The van der Waals surface area contributed by atoms with Crippen LogP contribution in [0.5, 0.6) is 0 Å². The average Bonchev–Trinajstić information content (AvgIpc) is 2.53. The topological polar surface area (TPSA) is 62.7 Å². The summed E-state index contributed by atoms with van der Waals surface area (Å²) in [6.07, 6.45) is 3.30. The van der Waals surface area contributed by atoms with E-state index in [1.807, 2.05) is 24.3 Å². The first-order valence-corrected chi connectivity index (χ1v) is 7.79. The van der Waals surface area contributed by atoms with Crippen molar-refractivity contribution in [1.82, 2.24) is 10.6 Å². The Hall–Kier alpha value is -1.02. The summed E-state index contributed by atoms with van der Waals surface area (Å²) in [5, 5.41) is 7.21. The first-order valence-electron chi connectivity index (χ1n) is 7.41. The van der Waals surface area contributed by atoms with Gasteiger partial charge >= 0.3 is 5.97 Å². The third-order valence-electron chi connectivity index (χ3n) is 3.15. The number of aliphatic imine (C=N–C) groups is 1. The lowest BCUT2D eigenvalue weighted by Gasteiger charge is -2.12. The smallest absolute Gasteiger partial charge is 0.305 e. The van der Waals surface area contributed by atoms with Gasteiger partial charge in [-0.25, -0.2) is 0 Å². The minimum atomic E-state index is -0.146. The van der Waals surface area contributed by atoms with Gasteiger partial charge in [0, 0.05) is 31.6 Å². The van der Waals surface area contributed by atoms with Crippen molar-refractivity contribution in [2.75, 3.05) is 20.7 Å². The number of unbranched alkanes of at least 4 members (excludes halogenated alkanes) is 2. The van der Waals surface area contributed by atoms with Crippen molar-refractivity contribution in [1.29, 1.82) is 0 Å². The van der Waals surface area contributed by atoms with E-state index >= 15 is 0 Å². The summed E-state index contributed by atoms with van der Waals surface area (Å²) in [5.74, 6) is 0.611. The molecule has 0 aliphatic rings. The molecule has 7 heteroatoms. The van der Waals surface area contributed by atoms with Gasteiger partial charge in [-0.2, -0.15) is 0 Å². The molecule has 0 heterocycles. The number of guanidine groups is 1. The Morgan fingerprint density at radius 2 is 2.04 bits per heavy atom. The number of rotatable bonds is 8. The van der Waals surface area contributed by atoms with Crippen LogP contribution >= 0.6 is 35.6 Å². The van der Waals surface area contributed by atoms with E-state index in [0.29, 0.717) is 13.0 Å². The maximum Gasteiger partial charge on any atom is 0.305 e. The zero-order chi connectivity index (χ0) is 16.2. The molecule has 0 saturated carbocycles. The van der Waals surface area contributed by atoms with Gasteiger partial charge < -0.3 is 15.4 Å². The van der Waals surface area contributed by atoms with Gasteiger partial charge in [-0.05, 0) is 30.5 Å². The highest BCUT2D eigenvalue weighted by molar-refractivity contribution is 14.0. The normalized spacial score (nSPS) is 10.7. The molecule has 0 aliphatic heterocycles. The van der Waals surface area contributed by atoms with Gasteiger partial charge in [0.25, 0.3) is 0 Å². The van der Waals surface area contributed by atoms with E-state index in [4.69, 9.17) is 11.6 Å². The van der Waals surface area contributed by atoms with Crippen molar-refractivity contribution in [2.45, 2.75) is 32.2 Å². The molecule has 0 aromatic heterocycles. The molecule has 1 aromatic rings. The number of benzene rings is 1. The molecule has 0 amide bonds. The maximum absolute atomic E-state index is 11.0. The molecule has 1 rings (SSSR count). The number of halogens is 2. The highest BCUT2D eigenvalue weighted by Crippen LogP contribution is 2.10. The molecule has 23 heavy (non-hydrogen) atoms. The number of ether oxygens (including phenoxy) is 1. The van der Waals surface area contributed by atoms with Crippen LogP contribution in [-0.2, 0) is 16.1 Å². The number of carbonyl (C=O) groups is 1. The van der Waals surface area contributed by atoms with E-state index in [0.717, 1.165) is 42.4 Å². The van der Waals surface area contributed by atoms with Crippen LogP contribution in [0.3, 0.4) is 0 Å². The molecule has 130 valence electrons. The summed E-state index contributed by atoms with van der Waals surface area (Å²) in [6.45, 7) is 1.49. The average molecular weight is 454 g/mol. The summed E-state index contributed by atoms with van der Waals surface area (Å²) in [6, 6.07) is 7.72. The summed E-state index contributed by atoms with van der Waals surface area (Å²) in [5.41, 5.74) is 1.11. The van der Waals surface area contributed by atoms with E-state index in [-0.39, 0.29) is 29.9 Å². The molecule has 0 atom stereocenters. The third-order valence-corrected chi connectivity index (χ3v) is 3.39. The predicted molar refractivity (Wildman–Crippen MR) is 106 cm³/mol. The van der Waals surface area contributed by atoms with Gasteiger partial charge in [0.05, 0.1) is 7.11 Å². The number of nitrogens with zero attached hydrogens (tertiary/aromatic N) is 1. The molecule has 2 N–H and O–H groups in total. The molecule has 0 spiro atoms. The lowest BCUT2D eigenvalue weighted by molar-refractivity contribution is -0.140. The highest BCUT2D eigenvalue weighted by Gasteiger charge is 2.01. The molecule has 0 fully saturated rings. The van der Waals surface area contributed by atoms with E-state index in [2.05, 4.69) is 20.4 Å². The predicted octanol–water partition coefficient (Wildman–Crippen LogP) is 3.36. The van der Waals surface area contributed by atoms with Crippen molar-refractivity contribution in [3.63, 3.8) is 0 Å². The van der Waals surface area contributed by atoms with Gasteiger partial charge in [0.2, 0.25) is 0 Å². The van der Waals surface area contributed by atoms with E-state index in [1.165, 1.54) is 7.11 Å². The number of hydrogen-bond donors (Lipinski definition) is 2. The largest absolute Gasteiger partial charge is 0.469 e. The van der Waals surface area contributed by atoms with Crippen molar-refractivity contribution in [3.8, 4) is 0 Å². The second kappa shape index (κ2) is 13.4. The Labute approximate surface area is 160 Å². The Morgan fingerprint density at radius 3 is 2.70 bits per heavy atom. The second-order valence-electron chi connectivity index (χ2n) is 4.87. The second-order valence-corrected chi connectivity index (χ2v) is 5.31. The number of hydrogen-bond acceptors (Lipinski definition) is 3. The third kappa shape index (κ3) is 10.4. The zero-order valence-corrected chi connectivity index (χ0v) is 16.7. The standard InChI is InChI=1S/C16H24ClN3O2.HI/c1-18-16(19-10-5-3-4-9-15(21)22-2)20-12-13-7-6-8-14(17)11-13;/h6-8,11H,3-5,9-10,12H2,1-2H3,(H2,18,19,20);1H. The van der Waals surface area contributed by atoms with Crippen LogP contribution in [0.2, 0.25) is 5.02 Å². The van der Waals surface area contributed by atoms with Crippen LogP contribution in [-0.4, -0.2) is 32.6 Å². The van der Waals surface area contributed by atoms with Gasteiger partial charge in [-0.1, -0.05) is 30.2 Å². The quantitative estimate of drug-likeness (QED) is 0.208. The number of nitrogens with one attached hydrogen (secondary N) is 2. The number of methoxy groups -OCH3 is 1. The van der Waals surface area contributed by atoms with Crippen LogP contribution in [0.25, 0.3) is 0 Å². The first kappa shape index (κ1) is 22.0. The molecule has 0 aliphatic carbocycles. The van der Waals surface area contributed by atoms with Crippen molar-refractivity contribution >= 4 is 47.5 Å². The summed E-state index contributed by atoms with van der Waals surface area (Å²) in [4.78, 5) is 15.1. The molecular formula is C16H25ClIN3O2. The molecule has 0 radical (unpaired) electrons. The van der Waals surface area contributed by atoms with Crippen LogP contribution in [0.15, 0.2) is 29.3 Å². The van der Waals surface area contributed by atoms with Crippen molar-refractivity contribution in [2.24, 2.45) is 4.99 Å². The maximum atomic E-state index is 11.0. The first-order chi connectivity index (χ1) is 10.7. The fourth-order valence-electron chi connectivity index (χ4n) is 1.93. The van der Waals surface area contributed by atoms with E-state index in [9.17, 15) is 4.79 Å². The van der Waals surface area contributed by atoms with E-state index < -0.39 is 0 Å². The van der Waals surface area contributed by atoms with Gasteiger partial charge in [0.1, 0.15) is 0 Å². The van der Waals surface area contributed by atoms with Crippen molar-refractivity contribution in [3.05, 3.63) is 34.9 Å².